The number of fused-ring (bicyclic) bond motifs is 1. The Bertz CT molecular complexity index is 1800. The molecule has 0 saturated carbocycles. The molecule has 1 unspecified atom stereocenters. The number of nitrogens with zero attached hydrogens (tertiary/aromatic N) is 5. The second kappa shape index (κ2) is 11.9. The standard InChI is InChI=1S/C32H28F3N5O2/c1-3-42-26-16-14-25(15-17-26)40-30(38-28-9-5-4-8-27(28)31(40)41)21(2)39-20-24(7-6-18-36)37-29(39)19-22-10-12-23(13-11-22)32(33,34)35/h4-5,8-17,20-21H,3,6-7,19H2,1-2H3. The zero-order valence-electron chi connectivity index (χ0n) is 23.1. The molecule has 5 aromatic rings. The molecule has 0 aliphatic rings. The van der Waals surface area contributed by atoms with Crippen molar-refractivity contribution >= 4 is 10.9 Å². The van der Waals surface area contributed by atoms with E-state index in [0.29, 0.717) is 58.3 Å². The summed E-state index contributed by atoms with van der Waals surface area (Å²) in [6.45, 7) is 4.30. The van der Waals surface area contributed by atoms with Crippen molar-refractivity contribution < 1.29 is 17.9 Å². The molecule has 0 spiro atoms. The van der Waals surface area contributed by atoms with Crippen LogP contribution < -0.4 is 10.3 Å². The molecule has 7 nitrogen and oxygen atoms in total. The van der Waals surface area contributed by atoms with Crippen LogP contribution in [0.1, 0.15) is 54.8 Å². The molecule has 5 rings (SSSR count). The summed E-state index contributed by atoms with van der Waals surface area (Å²) in [5.74, 6) is 1.71. The number of aromatic nitrogens is 4. The van der Waals surface area contributed by atoms with Crippen LogP contribution in [0.25, 0.3) is 16.6 Å². The fourth-order valence-corrected chi connectivity index (χ4v) is 4.91. The topological polar surface area (TPSA) is 85.7 Å². The molecular weight excluding hydrogens is 543 g/mol. The van der Waals surface area contributed by atoms with E-state index < -0.39 is 17.8 Å². The lowest BCUT2D eigenvalue weighted by molar-refractivity contribution is -0.137. The fourth-order valence-electron chi connectivity index (χ4n) is 4.91. The number of benzene rings is 3. The van der Waals surface area contributed by atoms with Gasteiger partial charge in [-0.3, -0.25) is 9.36 Å². The summed E-state index contributed by atoms with van der Waals surface area (Å²) in [6.07, 6.45) is -1.69. The quantitative estimate of drug-likeness (QED) is 0.198. The Morgan fingerprint density at radius 1 is 1.00 bits per heavy atom. The highest BCUT2D eigenvalue weighted by molar-refractivity contribution is 5.78. The maximum Gasteiger partial charge on any atom is 0.416 e. The minimum atomic E-state index is -4.43. The zero-order chi connectivity index (χ0) is 29.9. The van der Waals surface area contributed by atoms with E-state index in [1.807, 2.05) is 30.7 Å². The van der Waals surface area contributed by atoms with Gasteiger partial charge < -0.3 is 9.30 Å². The van der Waals surface area contributed by atoms with Crippen molar-refractivity contribution in [2.75, 3.05) is 6.61 Å². The molecule has 0 saturated heterocycles. The number of imidazole rings is 1. The SMILES string of the molecule is CCOc1ccc(-n2c(C(C)n3cc(CCC#N)nc3Cc3ccc(C(F)(F)F)cc3)nc3ccccc3c2=O)cc1. The maximum atomic E-state index is 13.9. The number of para-hydroxylation sites is 1. The highest BCUT2D eigenvalue weighted by Gasteiger charge is 2.30. The van der Waals surface area contributed by atoms with Gasteiger partial charge in [0.1, 0.15) is 17.4 Å². The normalized spacial score (nSPS) is 12.3. The van der Waals surface area contributed by atoms with E-state index in [0.717, 1.165) is 12.1 Å². The predicted molar refractivity (Wildman–Crippen MR) is 153 cm³/mol. The molecule has 0 aliphatic heterocycles. The highest BCUT2D eigenvalue weighted by Crippen LogP contribution is 2.30. The van der Waals surface area contributed by atoms with Gasteiger partial charge in [0.05, 0.1) is 46.6 Å². The average molecular weight is 572 g/mol. The summed E-state index contributed by atoms with van der Waals surface area (Å²) in [6, 6.07) is 20.9. The first-order valence-electron chi connectivity index (χ1n) is 13.5. The van der Waals surface area contributed by atoms with E-state index in [4.69, 9.17) is 20.0 Å². The minimum absolute atomic E-state index is 0.235. The van der Waals surface area contributed by atoms with Gasteiger partial charge >= 0.3 is 6.18 Å². The number of aryl methyl sites for hydroxylation is 1. The van der Waals surface area contributed by atoms with Crippen molar-refractivity contribution in [2.45, 2.75) is 45.3 Å². The van der Waals surface area contributed by atoms with Crippen molar-refractivity contribution in [2.24, 2.45) is 0 Å². The van der Waals surface area contributed by atoms with Gasteiger partial charge in [0, 0.05) is 25.5 Å². The van der Waals surface area contributed by atoms with Crippen molar-refractivity contribution in [3.05, 3.63) is 118 Å². The Hall–Kier alpha value is -4.91. The van der Waals surface area contributed by atoms with Gasteiger partial charge in [-0.1, -0.05) is 24.3 Å². The molecule has 1 atom stereocenters. The van der Waals surface area contributed by atoms with Crippen LogP contribution in [0.15, 0.2) is 83.8 Å². The van der Waals surface area contributed by atoms with Crippen LogP contribution in [0, 0.1) is 11.3 Å². The third kappa shape index (κ3) is 5.91. The van der Waals surface area contributed by atoms with E-state index in [-0.39, 0.29) is 18.4 Å². The van der Waals surface area contributed by atoms with Gasteiger partial charge in [-0.2, -0.15) is 18.4 Å². The van der Waals surface area contributed by atoms with Gasteiger partial charge in [0.25, 0.3) is 5.56 Å². The molecule has 42 heavy (non-hydrogen) atoms. The molecule has 2 aromatic heterocycles. The van der Waals surface area contributed by atoms with E-state index in [1.54, 1.807) is 47.0 Å². The summed E-state index contributed by atoms with van der Waals surface area (Å²) < 4.78 is 48.4. The molecule has 10 heteroatoms. The lowest BCUT2D eigenvalue weighted by atomic mass is 10.1. The summed E-state index contributed by atoms with van der Waals surface area (Å²) in [7, 11) is 0. The predicted octanol–water partition coefficient (Wildman–Crippen LogP) is 6.66. The molecular formula is C32H28F3N5O2. The number of halogens is 3. The molecule has 2 heterocycles. The minimum Gasteiger partial charge on any atom is -0.494 e. The Kier molecular flexibility index (Phi) is 8.11. The molecule has 3 aromatic carbocycles. The van der Waals surface area contributed by atoms with Crippen LogP contribution in [-0.2, 0) is 19.0 Å². The van der Waals surface area contributed by atoms with Gasteiger partial charge in [0.15, 0.2) is 0 Å². The Morgan fingerprint density at radius 2 is 1.71 bits per heavy atom. The van der Waals surface area contributed by atoms with Crippen molar-refractivity contribution in [1.82, 2.24) is 19.1 Å². The molecule has 0 N–H and O–H groups in total. The summed E-state index contributed by atoms with van der Waals surface area (Å²) in [5.41, 5.74) is 1.50. The fraction of sp³-hybridized carbons (Fsp3) is 0.250. The first-order chi connectivity index (χ1) is 20.2. The van der Waals surface area contributed by atoms with Crippen LogP contribution >= 0.6 is 0 Å². The summed E-state index contributed by atoms with van der Waals surface area (Å²) >= 11 is 0. The average Bonchev–Trinajstić information content (AvgIpc) is 3.38. The van der Waals surface area contributed by atoms with Gasteiger partial charge in [-0.15, -0.1) is 0 Å². The van der Waals surface area contributed by atoms with Crippen LogP contribution in [-0.4, -0.2) is 25.7 Å². The number of hydrogen-bond donors (Lipinski definition) is 0. The van der Waals surface area contributed by atoms with Crippen LogP contribution in [0.4, 0.5) is 13.2 Å². The lowest BCUT2D eigenvalue weighted by Gasteiger charge is -2.21. The third-order valence-corrected chi connectivity index (χ3v) is 6.99. The van der Waals surface area contributed by atoms with Crippen LogP contribution in [0.3, 0.4) is 0 Å². The second-order valence-corrected chi connectivity index (χ2v) is 9.82. The molecule has 0 aliphatic carbocycles. The number of rotatable bonds is 9. The molecule has 214 valence electrons. The smallest absolute Gasteiger partial charge is 0.416 e. The first-order valence-corrected chi connectivity index (χ1v) is 13.5. The number of nitriles is 1. The first kappa shape index (κ1) is 28.6. The number of alkyl halides is 3. The Morgan fingerprint density at radius 3 is 2.38 bits per heavy atom. The van der Waals surface area contributed by atoms with Crippen LogP contribution in [0.5, 0.6) is 5.75 Å². The Labute approximate surface area is 240 Å². The number of hydrogen-bond acceptors (Lipinski definition) is 5. The van der Waals surface area contributed by atoms with E-state index in [9.17, 15) is 18.0 Å². The summed E-state index contributed by atoms with van der Waals surface area (Å²) in [4.78, 5) is 23.5. The summed E-state index contributed by atoms with van der Waals surface area (Å²) in [5, 5.41) is 9.60. The molecule has 0 amide bonds. The Balaban J connectivity index is 1.62. The van der Waals surface area contributed by atoms with Gasteiger partial charge in [0.2, 0.25) is 0 Å². The van der Waals surface area contributed by atoms with Gasteiger partial charge in [-0.05, 0) is 67.9 Å². The monoisotopic (exact) mass is 571 g/mol. The van der Waals surface area contributed by atoms with E-state index in [2.05, 4.69) is 6.07 Å². The van der Waals surface area contributed by atoms with Gasteiger partial charge in [-0.25, -0.2) is 9.97 Å². The highest BCUT2D eigenvalue weighted by atomic mass is 19.4. The molecule has 0 bridgehead atoms. The zero-order valence-corrected chi connectivity index (χ0v) is 23.1. The lowest BCUT2D eigenvalue weighted by Crippen LogP contribution is -2.27. The van der Waals surface area contributed by atoms with Crippen molar-refractivity contribution in [3.63, 3.8) is 0 Å². The van der Waals surface area contributed by atoms with E-state index in [1.165, 1.54) is 12.1 Å². The maximum absolute atomic E-state index is 13.9. The van der Waals surface area contributed by atoms with Crippen molar-refractivity contribution in [1.29, 1.82) is 5.26 Å². The molecule has 0 radical (unpaired) electrons. The second-order valence-electron chi connectivity index (χ2n) is 9.82. The van der Waals surface area contributed by atoms with Crippen LogP contribution in [0.2, 0.25) is 0 Å². The third-order valence-electron chi connectivity index (χ3n) is 6.99. The van der Waals surface area contributed by atoms with Crippen molar-refractivity contribution in [3.8, 4) is 17.5 Å². The number of ether oxygens (including phenoxy) is 1. The largest absolute Gasteiger partial charge is 0.494 e. The van der Waals surface area contributed by atoms with E-state index >= 15 is 0 Å². The molecule has 0 fully saturated rings.